The van der Waals surface area contributed by atoms with E-state index in [4.69, 9.17) is 18.0 Å². The van der Waals surface area contributed by atoms with Gasteiger partial charge in [0.25, 0.3) is 5.91 Å². The normalized spacial score (nSPS) is 10.4. The second kappa shape index (κ2) is 5.80. The van der Waals surface area contributed by atoms with Crippen LogP contribution in [-0.4, -0.2) is 5.91 Å². The van der Waals surface area contributed by atoms with Crippen LogP contribution in [0, 0.1) is 18.2 Å². The van der Waals surface area contributed by atoms with Crippen molar-refractivity contribution in [2.24, 2.45) is 0 Å². The summed E-state index contributed by atoms with van der Waals surface area (Å²) in [5, 5.41) is 3.75. The van der Waals surface area contributed by atoms with Crippen LogP contribution in [0.15, 0.2) is 42.5 Å². The number of amides is 1. The number of hydrogen-bond acceptors (Lipinski definition) is 2. The van der Waals surface area contributed by atoms with Gasteiger partial charge in [-0.25, -0.2) is 4.39 Å². The lowest BCUT2D eigenvalue weighted by molar-refractivity contribution is 0.103. The largest absolute Gasteiger partial charge is 0.321 e. The molecule has 0 unspecified atom stereocenters. The standard InChI is InChI=1S/C17H9ClFNOS/c1-2-10-3-6-12(7-4-10)20-17(21)16-15(18)13-8-5-11(19)9-14(13)22-16/h1,3-9H,(H,20,21). The SMILES string of the molecule is C#Cc1ccc(NC(=O)c2sc3cc(F)ccc3c2Cl)cc1. The van der Waals surface area contributed by atoms with Gasteiger partial charge in [-0.2, -0.15) is 0 Å². The van der Waals surface area contributed by atoms with E-state index in [9.17, 15) is 9.18 Å². The molecule has 1 heterocycles. The summed E-state index contributed by atoms with van der Waals surface area (Å²) in [4.78, 5) is 12.7. The number of carbonyl (C=O) groups is 1. The number of thiophene rings is 1. The number of carbonyl (C=O) groups excluding carboxylic acids is 1. The molecule has 1 amide bonds. The minimum atomic E-state index is -0.359. The smallest absolute Gasteiger partial charge is 0.267 e. The van der Waals surface area contributed by atoms with Crippen molar-refractivity contribution in [3.05, 3.63) is 63.7 Å². The van der Waals surface area contributed by atoms with E-state index < -0.39 is 0 Å². The molecule has 0 spiro atoms. The molecule has 0 saturated carbocycles. The van der Waals surface area contributed by atoms with Crippen LogP contribution in [0.5, 0.6) is 0 Å². The Bertz CT molecular complexity index is 909. The highest BCUT2D eigenvalue weighted by Crippen LogP contribution is 2.36. The van der Waals surface area contributed by atoms with Gasteiger partial charge in [0, 0.05) is 21.3 Å². The minimum absolute atomic E-state index is 0.331. The monoisotopic (exact) mass is 329 g/mol. The summed E-state index contributed by atoms with van der Waals surface area (Å²) >= 11 is 7.38. The third-order valence-electron chi connectivity index (χ3n) is 3.11. The van der Waals surface area contributed by atoms with Crippen molar-refractivity contribution in [2.45, 2.75) is 0 Å². The molecule has 1 aromatic heterocycles. The molecule has 1 N–H and O–H groups in total. The van der Waals surface area contributed by atoms with Gasteiger partial charge in [-0.15, -0.1) is 17.8 Å². The number of terminal acetylenes is 1. The lowest BCUT2D eigenvalue weighted by Gasteiger charge is -2.04. The third-order valence-corrected chi connectivity index (χ3v) is 4.76. The molecule has 2 aromatic carbocycles. The quantitative estimate of drug-likeness (QED) is 0.664. The first kappa shape index (κ1) is 14.6. The fourth-order valence-electron chi connectivity index (χ4n) is 2.02. The summed E-state index contributed by atoms with van der Waals surface area (Å²) < 4.78 is 13.9. The molecule has 0 aliphatic heterocycles. The molecule has 5 heteroatoms. The number of halogens is 2. The van der Waals surface area contributed by atoms with Crippen molar-refractivity contribution < 1.29 is 9.18 Å². The Balaban J connectivity index is 1.91. The number of nitrogens with one attached hydrogen (secondary N) is 1. The van der Waals surface area contributed by atoms with E-state index in [1.165, 1.54) is 12.1 Å². The van der Waals surface area contributed by atoms with Gasteiger partial charge < -0.3 is 5.32 Å². The van der Waals surface area contributed by atoms with Gasteiger partial charge in [0.15, 0.2) is 0 Å². The summed E-state index contributed by atoms with van der Waals surface area (Å²) in [5.74, 6) is 1.81. The van der Waals surface area contributed by atoms with Gasteiger partial charge in [0.05, 0.1) is 5.02 Å². The predicted octanol–water partition coefficient (Wildman–Crippen LogP) is 4.93. The molecule has 3 rings (SSSR count). The van der Waals surface area contributed by atoms with Gasteiger partial charge in [-0.05, 0) is 42.5 Å². The summed E-state index contributed by atoms with van der Waals surface area (Å²) in [5.41, 5.74) is 1.34. The first-order valence-electron chi connectivity index (χ1n) is 6.34. The van der Waals surface area contributed by atoms with E-state index in [1.807, 2.05) is 0 Å². The maximum absolute atomic E-state index is 13.2. The van der Waals surface area contributed by atoms with Crippen LogP contribution in [0.1, 0.15) is 15.2 Å². The third kappa shape index (κ3) is 2.69. The molecule has 0 fully saturated rings. The lowest BCUT2D eigenvalue weighted by atomic mass is 10.2. The van der Waals surface area contributed by atoms with Gasteiger partial charge in [-0.3, -0.25) is 4.79 Å². The fourth-order valence-corrected chi connectivity index (χ4v) is 3.46. The van der Waals surface area contributed by atoms with Gasteiger partial charge in [0.1, 0.15) is 10.7 Å². The van der Waals surface area contributed by atoms with E-state index in [-0.39, 0.29) is 11.7 Å². The lowest BCUT2D eigenvalue weighted by Crippen LogP contribution is -2.10. The molecule has 0 bridgehead atoms. The zero-order valence-electron chi connectivity index (χ0n) is 11.2. The van der Waals surface area contributed by atoms with Crippen LogP contribution in [0.25, 0.3) is 10.1 Å². The van der Waals surface area contributed by atoms with Gasteiger partial charge in [-0.1, -0.05) is 17.5 Å². The van der Waals surface area contributed by atoms with E-state index >= 15 is 0 Å². The Labute approximate surface area is 135 Å². The van der Waals surface area contributed by atoms with Crippen LogP contribution in [-0.2, 0) is 0 Å². The summed E-state index contributed by atoms with van der Waals surface area (Å²) in [7, 11) is 0. The predicted molar refractivity (Wildman–Crippen MR) is 89.1 cm³/mol. The molecule has 0 saturated heterocycles. The topological polar surface area (TPSA) is 29.1 Å². The summed E-state index contributed by atoms with van der Waals surface area (Å²) in [6, 6.07) is 11.2. The molecular formula is C17H9ClFNOS. The van der Waals surface area contributed by atoms with Crippen molar-refractivity contribution in [2.75, 3.05) is 5.32 Å². The maximum atomic E-state index is 13.2. The molecule has 0 aliphatic rings. The van der Waals surface area contributed by atoms with Crippen LogP contribution in [0.4, 0.5) is 10.1 Å². The molecule has 0 radical (unpaired) electrons. The van der Waals surface area contributed by atoms with Crippen molar-refractivity contribution in [3.63, 3.8) is 0 Å². The minimum Gasteiger partial charge on any atom is -0.321 e. The van der Waals surface area contributed by atoms with Crippen LogP contribution >= 0.6 is 22.9 Å². The average molecular weight is 330 g/mol. The van der Waals surface area contributed by atoms with Crippen LogP contribution in [0.3, 0.4) is 0 Å². The molecule has 0 atom stereocenters. The molecular weight excluding hydrogens is 321 g/mol. The molecule has 2 nitrogen and oxygen atoms in total. The number of benzene rings is 2. The number of anilines is 1. The van der Waals surface area contributed by atoms with E-state index in [2.05, 4.69) is 11.2 Å². The summed E-state index contributed by atoms with van der Waals surface area (Å²) in [6.45, 7) is 0. The first-order valence-corrected chi connectivity index (χ1v) is 7.53. The average Bonchev–Trinajstić information content (AvgIpc) is 2.84. The molecule has 3 aromatic rings. The maximum Gasteiger partial charge on any atom is 0.267 e. The zero-order valence-corrected chi connectivity index (χ0v) is 12.8. The second-order valence-electron chi connectivity index (χ2n) is 4.56. The van der Waals surface area contributed by atoms with Crippen LogP contribution in [0.2, 0.25) is 5.02 Å². The van der Waals surface area contributed by atoms with E-state index in [1.54, 1.807) is 30.3 Å². The highest BCUT2D eigenvalue weighted by molar-refractivity contribution is 7.21. The molecule has 0 aliphatic carbocycles. The number of hydrogen-bond donors (Lipinski definition) is 1. The Morgan fingerprint density at radius 3 is 2.64 bits per heavy atom. The molecule has 108 valence electrons. The van der Waals surface area contributed by atoms with E-state index in [0.717, 1.165) is 16.9 Å². The fraction of sp³-hybridized carbons (Fsp3) is 0. The van der Waals surface area contributed by atoms with Crippen molar-refractivity contribution >= 4 is 44.6 Å². The summed E-state index contributed by atoms with van der Waals surface area (Å²) in [6.07, 6.45) is 5.28. The Kier molecular flexibility index (Phi) is 3.84. The Morgan fingerprint density at radius 1 is 1.23 bits per heavy atom. The van der Waals surface area contributed by atoms with Gasteiger partial charge >= 0.3 is 0 Å². The van der Waals surface area contributed by atoms with Gasteiger partial charge in [0.2, 0.25) is 0 Å². The zero-order chi connectivity index (χ0) is 15.7. The number of fused-ring (bicyclic) bond motifs is 1. The van der Waals surface area contributed by atoms with Crippen molar-refractivity contribution in [3.8, 4) is 12.3 Å². The Hall–Kier alpha value is -2.35. The van der Waals surface area contributed by atoms with Crippen molar-refractivity contribution in [1.29, 1.82) is 0 Å². The van der Waals surface area contributed by atoms with Crippen molar-refractivity contribution in [1.82, 2.24) is 0 Å². The van der Waals surface area contributed by atoms with Crippen LogP contribution < -0.4 is 5.32 Å². The highest BCUT2D eigenvalue weighted by Gasteiger charge is 2.17. The van der Waals surface area contributed by atoms with E-state index in [0.29, 0.717) is 25.7 Å². The first-order chi connectivity index (χ1) is 10.6. The number of rotatable bonds is 2. The second-order valence-corrected chi connectivity index (χ2v) is 5.99. The Morgan fingerprint density at radius 2 is 1.95 bits per heavy atom. The molecule has 22 heavy (non-hydrogen) atoms. The highest BCUT2D eigenvalue weighted by atomic mass is 35.5.